The quantitative estimate of drug-likeness (QED) is 0.228. The van der Waals surface area contributed by atoms with Crippen molar-refractivity contribution in [2.24, 2.45) is 0 Å². The second-order valence-corrected chi connectivity index (χ2v) is 8.75. The summed E-state index contributed by atoms with van der Waals surface area (Å²) in [5, 5.41) is 9.65. The third-order valence-corrected chi connectivity index (χ3v) is 5.57. The first-order valence-electron chi connectivity index (χ1n) is 11.5. The Kier molecular flexibility index (Phi) is 9.33. The van der Waals surface area contributed by atoms with E-state index in [0.717, 1.165) is 42.6 Å². The number of aliphatic hydroxyl groups excluding tert-OH is 1. The van der Waals surface area contributed by atoms with Gasteiger partial charge in [-0.05, 0) is 23.8 Å². The van der Waals surface area contributed by atoms with Gasteiger partial charge in [-0.1, -0.05) is 24.3 Å². The highest BCUT2D eigenvalue weighted by molar-refractivity contribution is 5.53. The van der Waals surface area contributed by atoms with Crippen LogP contribution in [0.15, 0.2) is 67.0 Å². The van der Waals surface area contributed by atoms with Crippen LogP contribution in [-0.4, -0.2) is 47.4 Å². The van der Waals surface area contributed by atoms with Crippen LogP contribution in [0.25, 0.3) is 0 Å². The lowest BCUT2D eigenvalue weighted by atomic mass is 9.99. The van der Waals surface area contributed by atoms with Crippen molar-refractivity contribution in [2.45, 2.75) is 43.2 Å². The summed E-state index contributed by atoms with van der Waals surface area (Å²) in [4.78, 5) is 4.16. The van der Waals surface area contributed by atoms with E-state index in [1.54, 1.807) is 0 Å². The molecule has 0 saturated carbocycles. The summed E-state index contributed by atoms with van der Waals surface area (Å²) in [5.74, 6) is -14.0. The molecule has 0 amide bonds. The van der Waals surface area contributed by atoms with Gasteiger partial charge in [0.05, 0.1) is 12.7 Å². The molecular formula is C25H17F13N2O3. The van der Waals surface area contributed by atoms with E-state index in [9.17, 15) is 62.2 Å². The number of nitrogens with zero attached hydrogens (tertiary/aromatic N) is 2. The van der Waals surface area contributed by atoms with E-state index in [4.69, 9.17) is 4.74 Å². The Hall–Kier alpha value is -3.96. The van der Waals surface area contributed by atoms with Crippen LogP contribution in [-0.2, 0) is 12.5 Å². The minimum Gasteiger partial charge on any atom is -0.453 e. The lowest BCUT2D eigenvalue weighted by Crippen LogP contribution is -2.50. The molecule has 0 spiro atoms. The summed E-state index contributed by atoms with van der Waals surface area (Å²) in [6.45, 7) is -2.15. The van der Waals surface area contributed by atoms with Crippen LogP contribution in [0, 0.1) is 0 Å². The van der Waals surface area contributed by atoms with Crippen molar-refractivity contribution in [3.05, 3.63) is 78.1 Å². The Morgan fingerprint density at radius 3 is 2.05 bits per heavy atom. The van der Waals surface area contributed by atoms with Crippen molar-refractivity contribution >= 4 is 5.69 Å². The maximum atomic E-state index is 14.3. The molecule has 43 heavy (non-hydrogen) atoms. The van der Waals surface area contributed by atoms with E-state index in [-0.39, 0.29) is 23.6 Å². The molecule has 0 aliphatic heterocycles. The molecule has 1 atom stereocenters. The van der Waals surface area contributed by atoms with Gasteiger partial charge in [-0.15, -0.1) is 13.2 Å². The molecule has 1 aromatic heterocycles. The molecule has 1 N–H and O–H groups in total. The zero-order valence-electron chi connectivity index (χ0n) is 20.9. The normalized spacial score (nSPS) is 13.9. The molecule has 3 rings (SSSR count). The van der Waals surface area contributed by atoms with Crippen molar-refractivity contribution in [3.8, 4) is 17.2 Å². The van der Waals surface area contributed by atoms with Gasteiger partial charge in [0, 0.05) is 36.1 Å². The fourth-order valence-corrected chi connectivity index (χ4v) is 3.54. The molecule has 5 nitrogen and oxygen atoms in total. The molecule has 0 bridgehead atoms. The minimum atomic E-state index is -6.64. The fraction of sp³-hybridized carbons (Fsp3) is 0.320. The maximum absolute atomic E-state index is 14.3. The largest absolute Gasteiger partial charge is 0.573 e. The predicted octanol–water partition coefficient (Wildman–Crippen LogP) is 7.99. The van der Waals surface area contributed by atoms with Crippen molar-refractivity contribution in [1.29, 1.82) is 0 Å². The molecule has 1 heterocycles. The Bertz CT molecular complexity index is 1390. The van der Waals surface area contributed by atoms with E-state index >= 15 is 0 Å². The molecule has 0 radical (unpaired) electrons. The minimum absolute atomic E-state index is 0.227. The summed E-state index contributed by atoms with van der Waals surface area (Å²) in [5.41, 5.74) is -2.52. The van der Waals surface area contributed by atoms with E-state index < -0.39 is 72.4 Å². The summed E-state index contributed by atoms with van der Waals surface area (Å²) >= 11 is 0. The predicted molar refractivity (Wildman–Crippen MR) is 122 cm³/mol. The third kappa shape index (κ3) is 8.11. The molecule has 18 heteroatoms. The number of halogens is 13. The molecule has 3 aromatic rings. The van der Waals surface area contributed by atoms with Gasteiger partial charge < -0.3 is 19.5 Å². The van der Waals surface area contributed by atoms with E-state index in [1.807, 2.05) is 0 Å². The molecule has 0 aliphatic rings. The number of hydrogen-bond acceptors (Lipinski definition) is 5. The number of ether oxygens (including phenoxy) is 2. The summed E-state index contributed by atoms with van der Waals surface area (Å²) in [6, 6.07) is 7.46. The Morgan fingerprint density at radius 1 is 0.791 bits per heavy atom. The summed E-state index contributed by atoms with van der Waals surface area (Å²) in [7, 11) is 0. The van der Waals surface area contributed by atoms with Crippen LogP contribution in [0.4, 0.5) is 62.8 Å². The first-order chi connectivity index (χ1) is 19.6. The van der Waals surface area contributed by atoms with Gasteiger partial charge in [0.15, 0.2) is 17.6 Å². The van der Waals surface area contributed by atoms with Crippen LogP contribution < -0.4 is 14.4 Å². The highest BCUT2D eigenvalue weighted by Gasteiger charge is 2.73. The average Bonchev–Trinajstić information content (AvgIpc) is 2.87. The molecule has 2 aromatic carbocycles. The van der Waals surface area contributed by atoms with E-state index in [2.05, 4.69) is 9.72 Å². The topological polar surface area (TPSA) is 54.8 Å². The van der Waals surface area contributed by atoms with Crippen LogP contribution in [0.1, 0.15) is 11.1 Å². The summed E-state index contributed by atoms with van der Waals surface area (Å²) < 4.78 is 180. The summed E-state index contributed by atoms with van der Waals surface area (Å²) in [6.07, 6.45) is -18.4. The van der Waals surface area contributed by atoms with Crippen LogP contribution in [0.2, 0.25) is 0 Å². The SMILES string of the molecule is OC(CN(Cc1cccc(C(F)(F)C(F)(F)C(F)(F)F)c1)c1cccc(Oc2ccncc2OC(F)(F)F)c1)C(F)(F)F. The number of rotatable bonds is 10. The number of hydrogen-bond donors (Lipinski definition) is 1. The first kappa shape index (κ1) is 33.5. The number of pyridine rings is 1. The van der Waals surface area contributed by atoms with Gasteiger partial charge in [0.1, 0.15) is 5.75 Å². The zero-order valence-corrected chi connectivity index (χ0v) is 20.9. The van der Waals surface area contributed by atoms with Crippen molar-refractivity contribution in [2.75, 3.05) is 11.4 Å². The lowest BCUT2D eigenvalue weighted by molar-refractivity contribution is -0.359. The number of aromatic nitrogens is 1. The maximum Gasteiger partial charge on any atom is 0.573 e. The second kappa shape index (κ2) is 12.0. The number of anilines is 1. The highest BCUT2D eigenvalue weighted by Crippen LogP contribution is 2.52. The van der Waals surface area contributed by atoms with E-state index in [1.165, 1.54) is 0 Å². The van der Waals surface area contributed by atoms with Gasteiger partial charge in [-0.2, -0.15) is 43.9 Å². The van der Waals surface area contributed by atoms with Crippen molar-refractivity contribution in [1.82, 2.24) is 4.98 Å². The number of benzene rings is 2. The monoisotopic (exact) mass is 640 g/mol. The Balaban J connectivity index is 1.98. The van der Waals surface area contributed by atoms with Crippen LogP contribution in [0.5, 0.6) is 17.2 Å². The molecule has 0 saturated heterocycles. The first-order valence-corrected chi connectivity index (χ1v) is 11.5. The Labute approximate surface area is 233 Å². The van der Waals surface area contributed by atoms with Gasteiger partial charge in [0.2, 0.25) is 0 Å². The highest BCUT2D eigenvalue weighted by atomic mass is 19.4. The Morgan fingerprint density at radius 2 is 1.44 bits per heavy atom. The van der Waals surface area contributed by atoms with Gasteiger partial charge in [0.25, 0.3) is 0 Å². The molecule has 0 aliphatic carbocycles. The van der Waals surface area contributed by atoms with Crippen molar-refractivity contribution < 1.29 is 71.7 Å². The smallest absolute Gasteiger partial charge is 0.453 e. The molecule has 1 unspecified atom stereocenters. The van der Waals surface area contributed by atoms with Crippen LogP contribution in [0.3, 0.4) is 0 Å². The fourth-order valence-electron chi connectivity index (χ4n) is 3.54. The average molecular weight is 640 g/mol. The van der Waals surface area contributed by atoms with Crippen molar-refractivity contribution in [3.63, 3.8) is 0 Å². The standard InChI is InChI=1S/C25H17F13N2O3/c26-21(27,23(31,32)24(33,34)35)15-4-1-3-14(9-15)12-40(13-20(41)22(28,29)30)16-5-2-6-17(10-16)42-18-7-8-39-11-19(18)43-25(36,37)38/h1-11,20,41H,12-13H2. The second-order valence-electron chi connectivity index (χ2n) is 8.75. The van der Waals surface area contributed by atoms with Gasteiger partial charge in [-0.3, -0.25) is 4.98 Å². The number of aliphatic hydroxyl groups is 1. The molecular weight excluding hydrogens is 623 g/mol. The molecule has 0 fully saturated rings. The third-order valence-electron chi connectivity index (χ3n) is 5.57. The molecule has 236 valence electrons. The lowest BCUT2D eigenvalue weighted by Gasteiger charge is -2.30. The number of alkyl halides is 13. The van der Waals surface area contributed by atoms with Gasteiger partial charge >= 0.3 is 30.6 Å². The van der Waals surface area contributed by atoms with Gasteiger partial charge in [-0.25, -0.2) is 0 Å². The van der Waals surface area contributed by atoms with Crippen LogP contribution >= 0.6 is 0 Å². The van der Waals surface area contributed by atoms with E-state index in [0.29, 0.717) is 17.2 Å². The zero-order chi connectivity index (χ0) is 32.4.